The van der Waals surface area contributed by atoms with Crippen LogP contribution in [0.15, 0.2) is 53.8 Å². The fraction of sp³-hybridized carbons (Fsp3) is 0.333. The summed E-state index contributed by atoms with van der Waals surface area (Å²) in [5.41, 5.74) is 0.573. The molecule has 1 aliphatic rings. The van der Waals surface area contributed by atoms with Crippen LogP contribution in [0.25, 0.3) is 16.5 Å². The summed E-state index contributed by atoms with van der Waals surface area (Å²) in [4.78, 5) is 26.7. The van der Waals surface area contributed by atoms with E-state index in [9.17, 15) is 4.79 Å². The van der Waals surface area contributed by atoms with Gasteiger partial charge in [0.1, 0.15) is 11.6 Å². The molecule has 5 rings (SSSR count). The topological polar surface area (TPSA) is 84.6 Å². The Kier molecular flexibility index (Phi) is 4.48. The number of aryl methyl sites for hydroxylation is 1. The first-order valence-corrected chi connectivity index (χ1v) is 9.90. The second-order valence-corrected chi connectivity index (χ2v) is 7.63. The monoisotopic (exact) mass is 389 g/mol. The van der Waals surface area contributed by atoms with Crippen molar-refractivity contribution in [2.45, 2.75) is 25.3 Å². The van der Waals surface area contributed by atoms with Gasteiger partial charge >= 0.3 is 5.69 Å². The molecule has 0 radical (unpaired) electrons. The molecule has 8 nitrogen and oxygen atoms in total. The Morgan fingerprint density at radius 1 is 1.24 bits per heavy atom. The molecule has 4 heterocycles. The average molecular weight is 389 g/mol. The van der Waals surface area contributed by atoms with Crippen molar-refractivity contribution >= 4 is 10.8 Å². The zero-order valence-electron chi connectivity index (χ0n) is 16.3. The number of pyridine rings is 1. The Hall–Kier alpha value is -3.26. The zero-order chi connectivity index (χ0) is 19.8. The summed E-state index contributed by atoms with van der Waals surface area (Å²) >= 11 is 0. The van der Waals surface area contributed by atoms with Crippen LogP contribution >= 0.6 is 0 Å². The van der Waals surface area contributed by atoms with Crippen molar-refractivity contribution in [3.63, 3.8) is 0 Å². The second kappa shape index (κ2) is 7.29. The fourth-order valence-electron chi connectivity index (χ4n) is 4.15. The average Bonchev–Trinajstić information content (AvgIpc) is 3.33. The molecule has 29 heavy (non-hydrogen) atoms. The summed E-state index contributed by atoms with van der Waals surface area (Å²) < 4.78 is 3.53. The molecule has 1 N–H and O–H groups in total. The normalized spacial score (nSPS) is 17.8. The van der Waals surface area contributed by atoms with Crippen LogP contribution in [-0.4, -0.2) is 47.3 Å². The van der Waals surface area contributed by atoms with Crippen LogP contribution in [-0.2, 0) is 13.6 Å². The van der Waals surface area contributed by atoms with Gasteiger partial charge in [0.2, 0.25) is 0 Å². The minimum absolute atomic E-state index is 0.203. The van der Waals surface area contributed by atoms with E-state index in [1.165, 1.54) is 4.68 Å². The van der Waals surface area contributed by atoms with E-state index in [0.29, 0.717) is 0 Å². The molecule has 8 heteroatoms. The molecule has 4 aromatic rings. The van der Waals surface area contributed by atoms with E-state index >= 15 is 0 Å². The maximum atomic E-state index is 12.7. The number of aromatic nitrogens is 6. The summed E-state index contributed by atoms with van der Waals surface area (Å²) in [6, 6.07) is 7.75. The van der Waals surface area contributed by atoms with Crippen molar-refractivity contribution in [2.24, 2.45) is 7.05 Å². The summed E-state index contributed by atoms with van der Waals surface area (Å²) in [5.74, 6) is 2.01. The van der Waals surface area contributed by atoms with Crippen LogP contribution < -0.4 is 5.69 Å². The van der Waals surface area contributed by atoms with Crippen molar-refractivity contribution in [3.05, 3.63) is 71.2 Å². The number of nitrogens with zero attached hydrogens (tertiary/aromatic N) is 6. The summed E-state index contributed by atoms with van der Waals surface area (Å²) in [7, 11) is 2.02. The van der Waals surface area contributed by atoms with E-state index in [4.69, 9.17) is 0 Å². The first-order chi connectivity index (χ1) is 14.2. The van der Waals surface area contributed by atoms with Gasteiger partial charge in [-0.2, -0.15) is 4.68 Å². The first-order valence-electron chi connectivity index (χ1n) is 9.90. The highest BCUT2D eigenvalue weighted by Gasteiger charge is 2.25. The fourth-order valence-corrected chi connectivity index (χ4v) is 4.15. The van der Waals surface area contributed by atoms with E-state index in [1.807, 2.05) is 43.7 Å². The molecule has 0 bridgehead atoms. The quantitative estimate of drug-likeness (QED) is 0.579. The maximum Gasteiger partial charge on any atom is 0.348 e. The molecule has 0 aliphatic carbocycles. The van der Waals surface area contributed by atoms with Crippen LogP contribution in [0, 0.1) is 0 Å². The van der Waals surface area contributed by atoms with Crippen molar-refractivity contribution in [2.75, 3.05) is 13.1 Å². The maximum absolute atomic E-state index is 12.7. The number of hydrogen-bond acceptors (Lipinski definition) is 5. The third kappa shape index (κ3) is 3.36. The van der Waals surface area contributed by atoms with Crippen LogP contribution in [0.2, 0.25) is 0 Å². The molecule has 3 aromatic heterocycles. The van der Waals surface area contributed by atoms with Gasteiger partial charge in [0.25, 0.3) is 0 Å². The first kappa shape index (κ1) is 17.8. The van der Waals surface area contributed by atoms with Gasteiger partial charge in [-0.25, -0.2) is 9.78 Å². The van der Waals surface area contributed by atoms with Gasteiger partial charge in [-0.3, -0.25) is 14.9 Å². The number of fused-ring (bicyclic) bond motifs is 1. The lowest BCUT2D eigenvalue weighted by Crippen LogP contribution is -2.35. The number of piperidine rings is 1. The molecule has 0 saturated carbocycles. The Morgan fingerprint density at radius 3 is 3.03 bits per heavy atom. The van der Waals surface area contributed by atoms with Gasteiger partial charge < -0.3 is 4.57 Å². The third-order valence-corrected chi connectivity index (χ3v) is 5.70. The number of hydrogen-bond donors (Lipinski definition) is 1. The molecule has 1 saturated heterocycles. The highest BCUT2D eigenvalue weighted by Crippen LogP contribution is 2.26. The number of aromatic amines is 1. The molecule has 1 fully saturated rings. The Morgan fingerprint density at radius 2 is 2.17 bits per heavy atom. The van der Waals surface area contributed by atoms with Gasteiger partial charge in [0.05, 0.1) is 12.2 Å². The number of rotatable bonds is 4. The predicted molar refractivity (Wildman–Crippen MR) is 110 cm³/mol. The summed E-state index contributed by atoms with van der Waals surface area (Å²) in [5, 5.41) is 6.63. The second-order valence-electron chi connectivity index (χ2n) is 7.63. The minimum Gasteiger partial charge on any atom is -0.337 e. The lowest BCUT2D eigenvalue weighted by atomic mass is 9.97. The predicted octanol–water partition coefficient (Wildman–Crippen LogP) is 2.22. The largest absolute Gasteiger partial charge is 0.348 e. The number of likely N-dealkylation sites (tertiary alicyclic amines) is 1. The van der Waals surface area contributed by atoms with E-state index < -0.39 is 0 Å². The molecule has 1 unspecified atom stereocenters. The number of nitrogens with one attached hydrogen (secondary N) is 1. The smallest absolute Gasteiger partial charge is 0.337 e. The van der Waals surface area contributed by atoms with Gasteiger partial charge in [0, 0.05) is 55.1 Å². The Bertz CT molecular complexity index is 1200. The molecule has 1 aromatic carbocycles. The van der Waals surface area contributed by atoms with Gasteiger partial charge in [0.15, 0.2) is 0 Å². The van der Waals surface area contributed by atoms with Gasteiger partial charge in [-0.1, -0.05) is 12.1 Å². The summed E-state index contributed by atoms with van der Waals surface area (Å²) in [6.45, 7) is 2.70. The Labute approximate surface area is 167 Å². The van der Waals surface area contributed by atoms with Crippen molar-refractivity contribution in [1.82, 2.24) is 34.2 Å². The van der Waals surface area contributed by atoms with Gasteiger partial charge in [-0.05, 0) is 31.5 Å². The van der Waals surface area contributed by atoms with Crippen LogP contribution in [0.1, 0.15) is 30.4 Å². The molecule has 0 spiro atoms. The van der Waals surface area contributed by atoms with E-state index in [0.717, 1.165) is 60.6 Å². The van der Waals surface area contributed by atoms with Crippen molar-refractivity contribution < 1.29 is 0 Å². The Balaban J connectivity index is 1.42. The van der Waals surface area contributed by atoms with Crippen molar-refractivity contribution in [1.29, 1.82) is 0 Å². The van der Waals surface area contributed by atoms with E-state index in [1.54, 1.807) is 12.4 Å². The molecule has 1 atom stereocenters. The molecular weight excluding hydrogens is 366 g/mol. The highest BCUT2D eigenvalue weighted by atomic mass is 16.1. The van der Waals surface area contributed by atoms with Crippen LogP contribution in [0.3, 0.4) is 0 Å². The number of H-pyrrole nitrogens is 1. The van der Waals surface area contributed by atoms with Crippen molar-refractivity contribution in [3.8, 4) is 5.69 Å². The minimum atomic E-state index is -0.203. The van der Waals surface area contributed by atoms with E-state index in [-0.39, 0.29) is 11.6 Å². The molecular formula is C21H23N7O. The molecule has 148 valence electrons. The van der Waals surface area contributed by atoms with Crippen LogP contribution in [0.4, 0.5) is 0 Å². The third-order valence-electron chi connectivity index (χ3n) is 5.70. The van der Waals surface area contributed by atoms with Crippen LogP contribution in [0.5, 0.6) is 0 Å². The lowest BCUT2D eigenvalue weighted by molar-refractivity contribution is 0.191. The SMILES string of the molecule is Cn1ccnc1CN1CCCC(c2nn(-c3cccc4cnccc34)c(=O)[nH]2)C1. The molecule has 1 aliphatic heterocycles. The number of imidazole rings is 1. The zero-order valence-corrected chi connectivity index (χ0v) is 16.3. The number of benzene rings is 1. The standard InChI is InChI=1S/C21H23N7O/c1-26-11-9-23-19(26)14-27-10-3-5-16(13-27)20-24-21(29)28(25-20)18-6-2-4-15-12-22-8-7-17(15)18/h2,4,6-9,11-12,16H,3,5,10,13-14H2,1H3,(H,24,25,29). The van der Waals surface area contributed by atoms with E-state index in [2.05, 4.69) is 29.5 Å². The molecule has 0 amide bonds. The van der Waals surface area contributed by atoms with Gasteiger partial charge in [-0.15, -0.1) is 5.10 Å². The summed E-state index contributed by atoms with van der Waals surface area (Å²) in [6.07, 6.45) is 9.42. The highest BCUT2D eigenvalue weighted by molar-refractivity contribution is 5.89. The lowest BCUT2D eigenvalue weighted by Gasteiger charge is -2.31.